The third-order valence-electron chi connectivity index (χ3n) is 3.18. The maximum atomic E-state index is 12.3. The normalized spacial score (nSPS) is 14.3. The molecule has 1 aromatic carbocycles. The van der Waals surface area contributed by atoms with Crippen LogP contribution < -0.4 is 0 Å². The summed E-state index contributed by atoms with van der Waals surface area (Å²) in [5.41, 5.74) is 0. The minimum atomic E-state index is -4.02. The number of aliphatic carboxylic acids is 1. The number of likely N-dealkylation sites (N-methyl/N-ethyl adjacent to an activating group) is 1. The summed E-state index contributed by atoms with van der Waals surface area (Å²) >= 11 is 0. The van der Waals surface area contributed by atoms with Crippen LogP contribution in [0.15, 0.2) is 34.1 Å². The van der Waals surface area contributed by atoms with E-state index in [-0.39, 0.29) is 9.79 Å². The van der Waals surface area contributed by atoms with Gasteiger partial charge in [0.05, 0.1) is 9.79 Å². The maximum Gasteiger partial charge on any atom is 0.321 e. The lowest BCUT2D eigenvalue weighted by Gasteiger charge is -2.21. The number of carbonyl (C=O) groups is 1. The van der Waals surface area contributed by atoms with Crippen LogP contribution in [-0.4, -0.2) is 63.7 Å². The van der Waals surface area contributed by atoms with Gasteiger partial charge in [0.2, 0.25) is 20.0 Å². The van der Waals surface area contributed by atoms with E-state index in [1.807, 2.05) is 0 Å². The smallest absolute Gasteiger partial charge is 0.321 e. The fourth-order valence-corrected chi connectivity index (χ4v) is 3.75. The molecule has 1 unspecified atom stereocenters. The lowest BCUT2D eigenvalue weighted by atomic mass is 10.4. The van der Waals surface area contributed by atoms with Gasteiger partial charge in [-0.05, 0) is 31.2 Å². The second kappa shape index (κ2) is 6.32. The number of benzene rings is 1. The minimum absolute atomic E-state index is 0.0506. The third-order valence-corrected chi connectivity index (χ3v) is 6.95. The molecule has 1 aromatic rings. The van der Waals surface area contributed by atoms with E-state index in [0.29, 0.717) is 4.31 Å². The first kappa shape index (κ1) is 18.6. The molecule has 0 radical (unpaired) electrons. The van der Waals surface area contributed by atoms with E-state index >= 15 is 0 Å². The topological polar surface area (TPSA) is 112 Å². The molecular weight excluding hydrogens is 332 g/mol. The Hall–Kier alpha value is -1.49. The summed E-state index contributed by atoms with van der Waals surface area (Å²) in [6.45, 7) is 1.24. The summed E-state index contributed by atoms with van der Waals surface area (Å²) < 4.78 is 50.1. The van der Waals surface area contributed by atoms with Crippen molar-refractivity contribution in [2.45, 2.75) is 22.8 Å². The van der Waals surface area contributed by atoms with Crippen LogP contribution >= 0.6 is 0 Å². The van der Waals surface area contributed by atoms with Gasteiger partial charge in [0.25, 0.3) is 0 Å². The summed E-state index contributed by atoms with van der Waals surface area (Å²) in [6.07, 6.45) is 0. The van der Waals surface area contributed by atoms with Crippen molar-refractivity contribution in [2.75, 3.05) is 21.1 Å². The fourth-order valence-electron chi connectivity index (χ4n) is 1.52. The fraction of sp³-hybridized carbons (Fsp3) is 0.417. The molecule has 0 amide bonds. The molecule has 0 bridgehead atoms. The average molecular weight is 350 g/mol. The van der Waals surface area contributed by atoms with Crippen LogP contribution in [0.4, 0.5) is 0 Å². The molecule has 0 aliphatic rings. The van der Waals surface area contributed by atoms with Crippen LogP contribution in [0.5, 0.6) is 0 Å². The number of rotatable bonds is 6. The zero-order chi connectivity index (χ0) is 17.3. The van der Waals surface area contributed by atoms with Crippen LogP contribution in [0, 0.1) is 0 Å². The standard InChI is InChI=1S/C12H18N2O6S2/c1-9(12(15)16)14(4)22(19,20)11-7-5-10(6-8-11)21(17,18)13(2)3/h5-9H,1-4H3,(H,15,16). The first-order chi connectivity index (χ1) is 9.92. The average Bonchev–Trinajstić information content (AvgIpc) is 2.45. The molecule has 1 N–H and O–H groups in total. The highest BCUT2D eigenvalue weighted by atomic mass is 32.2. The SMILES string of the molecule is CC(C(=O)O)N(C)S(=O)(=O)c1ccc(S(=O)(=O)N(C)C)cc1. The molecule has 10 heteroatoms. The Morgan fingerprint density at radius 2 is 1.32 bits per heavy atom. The van der Waals surface area contributed by atoms with Gasteiger partial charge in [-0.25, -0.2) is 21.1 Å². The van der Waals surface area contributed by atoms with Crippen molar-refractivity contribution in [3.63, 3.8) is 0 Å². The monoisotopic (exact) mass is 350 g/mol. The molecule has 8 nitrogen and oxygen atoms in total. The second-order valence-corrected chi connectivity index (χ2v) is 8.94. The number of hydrogen-bond donors (Lipinski definition) is 1. The molecule has 22 heavy (non-hydrogen) atoms. The minimum Gasteiger partial charge on any atom is -0.480 e. The Morgan fingerprint density at radius 1 is 0.955 bits per heavy atom. The van der Waals surface area contributed by atoms with E-state index in [4.69, 9.17) is 5.11 Å². The molecule has 0 saturated carbocycles. The van der Waals surface area contributed by atoms with Crippen molar-refractivity contribution in [1.29, 1.82) is 0 Å². The lowest BCUT2D eigenvalue weighted by Crippen LogP contribution is -2.40. The quantitative estimate of drug-likeness (QED) is 0.775. The predicted octanol–water partition coefficient (Wildman–Crippen LogP) is 0.0305. The molecule has 1 atom stereocenters. The zero-order valence-corrected chi connectivity index (χ0v) is 14.2. The number of carboxylic acids is 1. The maximum absolute atomic E-state index is 12.3. The summed E-state index contributed by atoms with van der Waals surface area (Å²) in [5.74, 6) is -1.28. The highest BCUT2D eigenvalue weighted by Crippen LogP contribution is 2.20. The molecule has 0 spiro atoms. The van der Waals surface area contributed by atoms with Gasteiger partial charge in [-0.15, -0.1) is 0 Å². The van der Waals surface area contributed by atoms with Gasteiger partial charge >= 0.3 is 5.97 Å². The third kappa shape index (κ3) is 3.46. The van der Waals surface area contributed by atoms with Gasteiger partial charge < -0.3 is 5.11 Å². The van der Waals surface area contributed by atoms with Gasteiger partial charge in [0.15, 0.2) is 0 Å². The van der Waals surface area contributed by atoms with Gasteiger partial charge in [-0.1, -0.05) is 0 Å². The van der Waals surface area contributed by atoms with E-state index in [0.717, 1.165) is 23.5 Å². The Morgan fingerprint density at radius 3 is 1.64 bits per heavy atom. The van der Waals surface area contributed by atoms with Crippen LogP contribution in [-0.2, 0) is 24.8 Å². The van der Waals surface area contributed by atoms with Crippen LogP contribution in [0.25, 0.3) is 0 Å². The zero-order valence-electron chi connectivity index (χ0n) is 12.6. The van der Waals surface area contributed by atoms with Crippen molar-refractivity contribution in [3.8, 4) is 0 Å². The lowest BCUT2D eigenvalue weighted by molar-refractivity contribution is -0.140. The van der Waals surface area contributed by atoms with Crippen molar-refractivity contribution >= 4 is 26.0 Å². The molecule has 0 aromatic heterocycles. The van der Waals surface area contributed by atoms with E-state index < -0.39 is 32.1 Å². The Kier molecular flexibility index (Phi) is 5.34. The van der Waals surface area contributed by atoms with Crippen molar-refractivity contribution in [2.24, 2.45) is 0 Å². The van der Waals surface area contributed by atoms with Crippen molar-refractivity contribution in [3.05, 3.63) is 24.3 Å². The number of nitrogens with zero attached hydrogens (tertiary/aromatic N) is 2. The van der Waals surface area contributed by atoms with Crippen molar-refractivity contribution in [1.82, 2.24) is 8.61 Å². The van der Waals surface area contributed by atoms with Gasteiger partial charge in [0.1, 0.15) is 6.04 Å². The largest absolute Gasteiger partial charge is 0.480 e. The number of carboxylic acid groups (broad SMARTS) is 1. The highest BCUT2D eigenvalue weighted by molar-refractivity contribution is 7.89. The number of sulfonamides is 2. The van der Waals surface area contributed by atoms with Gasteiger partial charge in [-0.2, -0.15) is 4.31 Å². The molecule has 1 rings (SSSR count). The van der Waals surface area contributed by atoms with Gasteiger partial charge in [-0.3, -0.25) is 4.79 Å². The summed E-state index contributed by atoms with van der Waals surface area (Å²) in [4.78, 5) is 10.7. The van der Waals surface area contributed by atoms with Crippen LogP contribution in [0.3, 0.4) is 0 Å². The second-order valence-electron chi connectivity index (χ2n) is 4.79. The van der Waals surface area contributed by atoms with Crippen molar-refractivity contribution < 1.29 is 26.7 Å². The first-order valence-corrected chi connectivity index (χ1v) is 9.04. The summed E-state index contributed by atoms with van der Waals surface area (Å²) in [6, 6.07) is 3.37. The van der Waals surface area contributed by atoms with E-state index in [1.54, 1.807) is 0 Å². The first-order valence-electron chi connectivity index (χ1n) is 6.16. The molecule has 0 heterocycles. The Balaban J connectivity index is 3.22. The van der Waals surface area contributed by atoms with E-state index in [2.05, 4.69) is 0 Å². The molecular formula is C12H18N2O6S2. The summed E-state index contributed by atoms with van der Waals surface area (Å²) in [5, 5.41) is 8.88. The number of hydrogen-bond acceptors (Lipinski definition) is 5. The molecule has 0 aliphatic heterocycles. The predicted molar refractivity (Wildman–Crippen MR) is 79.4 cm³/mol. The Bertz CT molecular complexity index is 753. The van der Waals surface area contributed by atoms with E-state index in [1.165, 1.54) is 33.2 Å². The highest BCUT2D eigenvalue weighted by Gasteiger charge is 2.29. The molecule has 0 saturated heterocycles. The van der Waals surface area contributed by atoms with Crippen LogP contribution in [0.2, 0.25) is 0 Å². The molecule has 124 valence electrons. The Labute approximate surface area is 130 Å². The summed E-state index contributed by atoms with van der Waals surface area (Å²) in [7, 11) is -3.80. The van der Waals surface area contributed by atoms with Crippen LogP contribution in [0.1, 0.15) is 6.92 Å². The molecule has 0 fully saturated rings. The van der Waals surface area contributed by atoms with Gasteiger partial charge in [0, 0.05) is 21.1 Å². The molecule has 0 aliphatic carbocycles. The van der Waals surface area contributed by atoms with E-state index in [9.17, 15) is 21.6 Å².